The highest BCUT2D eigenvalue weighted by Gasteiger charge is 2.50. The van der Waals surface area contributed by atoms with Gasteiger partial charge in [-0.2, -0.15) is 0 Å². The van der Waals surface area contributed by atoms with Gasteiger partial charge in [-0.05, 0) is 86.8 Å². The molecule has 2 aromatic heterocycles. The molecule has 2 aliphatic heterocycles. The van der Waals surface area contributed by atoms with Gasteiger partial charge in [-0.15, -0.1) is 0 Å². The van der Waals surface area contributed by atoms with Crippen LogP contribution in [0.25, 0.3) is 16.6 Å². The predicted molar refractivity (Wildman–Crippen MR) is 294 cm³/mol. The molecule has 0 radical (unpaired) electrons. The Balaban J connectivity index is 1.03. The first kappa shape index (κ1) is 60.2. The van der Waals surface area contributed by atoms with Crippen LogP contribution < -0.4 is 26.6 Å². The number of nitrogens with one attached hydrogen (secondary N) is 6. The second-order valence-corrected chi connectivity index (χ2v) is 22.9. The van der Waals surface area contributed by atoms with Crippen LogP contribution in [0.15, 0.2) is 49.2 Å². The number of allylic oxidation sites excluding steroid dienone is 1. The number of pyridine rings is 1. The molecule has 0 aliphatic carbocycles. The topological polar surface area (TPSA) is 274 Å². The average molecular weight is 1160 g/mol. The Morgan fingerprint density at radius 3 is 2.33 bits per heavy atom. The standard InChI is InChI=1S/C54H78IN9O11/c1-11-13-14-15-32(7)39-26-40-46(59-39)38(20-23-56-40)60-51-48(69)47(68)45(34(9)75-51)62-42(66)28-63(10)53(73)74-29-35-16-18-36(19-17-35)58-49(70)33(8)57-50(71)44(31(5)6)61-41(65)21-24-64-43(67)25-37(52(64)72)54(55,22-12-2)27-30(3)4/h16-20,23,26,30-31,33-34,37,44-45,47-48,51,59,68-69H,7,11-15,21-22,24-25,27-29H2,1-6,8-10H3,(H,56,60)(H,57,71)(H,58,70)(H,61,65)(H,62,66)/t33-,34-,37?,44-,45-,47+,48+,51-,54?/m0/s1. The SMILES string of the molecule is C=C(CCCCC)c1cc2nccc(N[C@H]3O[C@@H](C)[C@H](NC(=O)CN(C)C(=O)OCc4ccc(NC(=O)[C@H](C)NC(=O)[C@@H](NC(=O)CCN5C(=O)CC(C(I)(CCC)CC(C)C)C5=O)C(C)C)cc4)[C@@H](O)[C@H]3O)c2[nH]1. The van der Waals surface area contributed by atoms with Crippen LogP contribution in [0, 0.1) is 17.8 Å². The number of rotatable bonds is 26. The van der Waals surface area contributed by atoms with E-state index in [0.717, 1.165) is 61.1 Å². The number of aliphatic hydroxyl groups excluding tert-OH is 2. The number of anilines is 2. The number of amides is 7. The second-order valence-electron chi connectivity index (χ2n) is 20.7. The summed E-state index contributed by atoms with van der Waals surface area (Å²) in [4.78, 5) is 102. The van der Waals surface area contributed by atoms with Crippen molar-refractivity contribution < 1.29 is 53.2 Å². The third-order valence-electron chi connectivity index (χ3n) is 13.6. The van der Waals surface area contributed by atoms with E-state index in [2.05, 4.69) is 93.4 Å². The van der Waals surface area contributed by atoms with Crippen LogP contribution in [0.1, 0.15) is 124 Å². The van der Waals surface area contributed by atoms with E-state index >= 15 is 0 Å². The number of alkyl halides is 1. The third-order valence-corrected chi connectivity index (χ3v) is 15.4. The summed E-state index contributed by atoms with van der Waals surface area (Å²) in [5, 5.41) is 36.2. The first-order valence-electron chi connectivity index (χ1n) is 26.1. The highest BCUT2D eigenvalue weighted by atomic mass is 127. The van der Waals surface area contributed by atoms with Crippen molar-refractivity contribution in [2.24, 2.45) is 17.8 Å². The second kappa shape index (κ2) is 27.4. The summed E-state index contributed by atoms with van der Waals surface area (Å²) >= 11 is 2.35. The van der Waals surface area contributed by atoms with Gasteiger partial charge in [-0.1, -0.05) is 102 Å². The first-order valence-corrected chi connectivity index (χ1v) is 27.2. The van der Waals surface area contributed by atoms with Gasteiger partial charge in [0.1, 0.15) is 37.4 Å². The molecule has 4 heterocycles. The van der Waals surface area contributed by atoms with Gasteiger partial charge in [0.2, 0.25) is 35.4 Å². The number of imide groups is 1. The monoisotopic (exact) mass is 1160 g/mol. The Morgan fingerprint density at radius 1 is 0.973 bits per heavy atom. The minimum Gasteiger partial charge on any atom is -0.445 e. The number of aromatic amines is 1. The fraction of sp³-hybridized carbons (Fsp3) is 0.593. The maximum Gasteiger partial charge on any atom is 0.410 e. The van der Waals surface area contributed by atoms with E-state index in [-0.39, 0.29) is 47.1 Å². The number of H-pyrrole nitrogens is 1. The van der Waals surface area contributed by atoms with Crippen molar-refractivity contribution in [1.29, 1.82) is 0 Å². The summed E-state index contributed by atoms with van der Waals surface area (Å²) in [5.74, 6) is -3.28. The largest absolute Gasteiger partial charge is 0.445 e. The number of hydrogen-bond donors (Lipinski definition) is 8. The zero-order chi connectivity index (χ0) is 55.3. The minimum atomic E-state index is -1.44. The van der Waals surface area contributed by atoms with Crippen LogP contribution in [0.5, 0.6) is 0 Å². The van der Waals surface area contributed by atoms with Gasteiger partial charge in [-0.3, -0.25) is 38.7 Å². The minimum absolute atomic E-state index is 0.0935. The van der Waals surface area contributed by atoms with E-state index in [1.54, 1.807) is 57.3 Å². The Kier molecular flexibility index (Phi) is 22.0. The molecule has 412 valence electrons. The van der Waals surface area contributed by atoms with Gasteiger partial charge in [0.25, 0.3) is 0 Å². The number of likely N-dealkylation sites (tertiary alicyclic amines) is 1. The van der Waals surface area contributed by atoms with E-state index in [0.29, 0.717) is 33.9 Å². The molecule has 1 aromatic carbocycles. The lowest BCUT2D eigenvalue weighted by atomic mass is 9.81. The first-order chi connectivity index (χ1) is 35.5. The number of benzene rings is 1. The summed E-state index contributed by atoms with van der Waals surface area (Å²) in [6, 6.07) is 7.08. The van der Waals surface area contributed by atoms with E-state index in [1.807, 2.05) is 6.07 Å². The molecule has 0 bridgehead atoms. The number of aliphatic hydroxyl groups is 2. The predicted octanol–water partition coefficient (Wildman–Crippen LogP) is 6.16. The zero-order valence-corrected chi connectivity index (χ0v) is 47.0. The summed E-state index contributed by atoms with van der Waals surface area (Å²) in [7, 11) is 1.37. The molecule has 20 nitrogen and oxygen atoms in total. The molecule has 21 heteroatoms. The number of carbonyl (C=O) groups excluding carboxylic acids is 7. The van der Waals surface area contributed by atoms with E-state index in [1.165, 1.54) is 18.9 Å². The van der Waals surface area contributed by atoms with Crippen molar-refractivity contribution in [2.45, 2.75) is 166 Å². The van der Waals surface area contributed by atoms with Crippen molar-refractivity contribution in [3.05, 3.63) is 60.4 Å². The molecule has 8 N–H and O–H groups in total. The summed E-state index contributed by atoms with van der Waals surface area (Å²) in [6.07, 6.45) is 2.66. The molecule has 2 saturated heterocycles. The summed E-state index contributed by atoms with van der Waals surface area (Å²) in [6.45, 7) is 18.6. The van der Waals surface area contributed by atoms with Crippen LogP contribution >= 0.6 is 22.6 Å². The number of halogens is 1. The number of unbranched alkanes of at least 4 members (excludes halogenated alkanes) is 2. The molecule has 3 aromatic rings. The molecule has 5 rings (SSSR count). The van der Waals surface area contributed by atoms with Gasteiger partial charge in [0.05, 0.1) is 34.8 Å². The Morgan fingerprint density at radius 2 is 1.68 bits per heavy atom. The number of aromatic nitrogens is 2. The van der Waals surface area contributed by atoms with Gasteiger partial charge in [0.15, 0.2) is 6.23 Å². The lowest BCUT2D eigenvalue weighted by Crippen LogP contribution is -2.64. The van der Waals surface area contributed by atoms with Crippen LogP contribution in [0.4, 0.5) is 16.2 Å². The number of carbonyl (C=O) groups is 7. The molecule has 75 heavy (non-hydrogen) atoms. The average Bonchev–Trinajstić information content (AvgIpc) is 3.93. The quantitative estimate of drug-likeness (QED) is 0.0194. The molecule has 2 aliphatic rings. The normalized spacial score (nSPS) is 21.3. The van der Waals surface area contributed by atoms with E-state index in [9.17, 15) is 43.8 Å². The van der Waals surface area contributed by atoms with Crippen molar-refractivity contribution in [3.63, 3.8) is 0 Å². The zero-order valence-electron chi connectivity index (χ0n) is 44.8. The van der Waals surface area contributed by atoms with Crippen LogP contribution in [0.2, 0.25) is 0 Å². The molecular formula is C54H78IN9O11. The number of fused-ring (bicyclic) bond motifs is 1. The number of likely N-dealkylation sites (N-methyl/N-ethyl adjacent to an activating group) is 1. The third kappa shape index (κ3) is 16.2. The fourth-order valence-corrected chi connectivity index (χ4v) is 11.4. The molecule has 2 unspecified atom stereocenters. The molecule has 0 saturated carbocycles. The van der Waals surface area contributed by atoms with E-state index < -0.39 is 84.8 Å². The maximum absolute atomic E-state index is 13.5. The summed E-state index contributed by atoms with van der Waals surface area (Å²) in [5.41, 5.74) is 4.78. The summed E-state index contributed by atoms with van der Waals surface area (Å²) < 4.78 is 11.1. The van der Waals surface area contributed by atoms with Crippen molar-refractivity contribution in [1.82, 2.24) is 35.7 Å². The van der Waals surface area contributed by atoms with Crippen molar-refractivity contribution in [2.75, 3.05) is 30.8 Å². The van der Waals surface area contributed by atoms with E-state index in [4.69, 9.17) is 9.47 Å². The van der Waals surface area contributed by atoms with Crippen LogP contribution in [-0.4, -0.2) is 138 Å². The fourth-order valence-electron chi connectivity index (χ4n) is 9.50. The highest BCUT2D eigenvalue weighted by molar-refractivity contribution is 14.1. The van der Waals surface area contributed by atoms with Crippen LogP contribution in [0.3, 0.4) is 0 Å². The molecular weight excluding hydrogens is 1080 g/mol. The van der Waals surface area contributed by atoms with Crippen LogP contribution in [-0.2, 0) is 44.8 Å². The molecule has 2 fully saturated rings. The smallest absolute Gasteiger partial charge is 0.410 e. The Bertz CT molecular complexity index is 2500. The Labute approximate surface area is 453 Å². The van der Waals surface area contributed by atoms with Gasteiger partial charge in [-0.25, -0.2) is 4.79 Å². The van der Waals surface area contributed by atoms with Gasteiger partial charge < -0.3 is 56.2 Å². The van der Waals surface area contributed by atoms with Crippen molar-refractivity contribution in [3.8, 4) is 0 Å². The molecule has 7 amide bonds. The lowest BCUT2D eigenvalue weighted by molar-refractivity contribution is -0.172. The number of hydrogen-bond acceptors (Lipinski definition) is 13. The molecule has 9 atom stereocenters. The van der Waals surface area contributed by atoms with Gasteiger partial charge >= 0.3 is 6.09 Å². The van der Waals surface area contributed by atoms with Crippen molar-refractivity contribution >= 4 is 92.1 Å². The lowest BCUT2D eigenvalue weighted by Gasteiger charge is -2.42. The molecule has 0 spiro atoms. The number of ether oxygens (including phenoxy) is 2. The maximum atomic E-state index is 13.5. The Hall–Kier alpha value is -5.65. The van der Waals surface area contributed by atoms with Gasteiger partial charge in [0, 0.05) is 47.4 Å². The highest BCUT2D eigenvalue weighted by Crippen LogP contribution is 2.44. The number of nitrogens with zero attached hydrogens (tertiary/aromatic N) is 3.